The van der Waals surface area contributed by atoms with Gasteiger partial charge in [-0.15, -0.1) is 0 Å². The lowest BCUT2D eigenvalue weighted by Gasteiger charge is -2.30. The van der Waals surface area contributed by atoms with Crippen LogP contribution >= 0.6 is 0 Å². The molecule has 174 valence electrons. The van der Waals surface area contributed by atoms with Crippen LogP contribution in [0.3, 0.4) is 0 Å². The maximum atomic E-state index is 13.0. The molecule has 4 aromatic heterocycles. The van der Waals surface area contributed by atoms with Crippen LogP contribution in [0.15, 0.2) is 14.4 Å². The Morgan fingerprint density at radius 2 is 0.765 bits per heavy atom. The highest BCUT2D eigenvalue weighted by molar-refractivity contribution is 5.43. The maximum Gasteiger partial charge on any atom is 0.335 e. The Labute approximate surface area is 184 Å². The first-order chi connectivity index (χ1) is 16.0. The van der Waals surface area contributed by atoms with Crippen LogP contribution in [-0.2, 0) is 5.54 Å². The molecule has 0 aromatic carbocycles. The Hall–Kier alpha value is -5.76. The zero-order valence-electron chi connectivity index (χ0n) is 16.7. The first-order valence-corrected chi connectivity index (χ1v) is 8.79. The Balaban J connectivity index is 2.36. The number of H-pyrrole nitrogens is 2. The maximum absolute atomic E-state index is 13.0. The number of aromatic nitrogens is 12. The van der Waals surface area contributed by atoms with Crippen LogP contribution in [0.2, 0.25) is 0 Å². The highest BCUT2D eigenvalue weighted by Crippen LogP contribution is 2.34. The minimum absolute atomic E-state index is 0.352. The first-order valence-electron chi connectivity index (χ1n) is 8.79. The largest absolute Gasteiger partial charge is 0.368 e. The van der Waals surface area contributed by atoms with Gasteiger partial charge in [-0.05, 0) is 0 Å². The van der Waals surface area contributed by atoms with Crippen LogP contribution in [0.1, 0.15) is 17.5 Å². The highest BCUT2D eigenvalue weighted by Gasteiger charge is 2.51. The summed E-state index contributed by atoms with van der Waals surface area (Å²) in [6, 6.07) is 0. The van der Waals surface area contributed by atoms with Crippen LogP contribution in [0, 0.1) is 0 Å². The van der Waals surface area contributed by atoms with Gasteiger partial charge in [0, 0.05) is 0 Å². The molecule has 21 heteroatoms. The number of nitrogen functional groups attached to an aromatic ring is 6. The van der Waals surface area contributed by atoms with E-state index in [1.54, 1.807) is 0 Å². The van der Waals surface area contributed by atoms with Crippen LogP contribution in [0.4, 0.5) is 35.7 Å². The zero-order valence-corrected chi connectivity index (χ0v) is 16.7. The summed E-state index contributed by atoms with van der Waals surface area (Å²) in [7, 11) is 0. The van der Waals surface area contributed by atoms with E-state index in [1.165, 1.54) is 0 Å². The van der Waals surface area contributed by atoms with Crippen molar-refractivity contribution in [3.05, 3.63) is 48.9 Å². The molecular formula is C13H14N18O3. The highest BCUT2D eigenvalue weighted by atomic mass is 16.2. The van der Waals surface area contributed by atoms with Crippen molar-refractivity contribution in [2.24, 2.45) is 0 Å². The van der Waals surface area contributed by atoms with Gasteiger partial charge in [-0.3, -0.25) is 9.97 Å². The van der Waals surface area contributed by atoms with Crippen molar-refractivity contribution in [3.63, 3.8) is 0 Å². The van der Waals surface area contributed by atoms with Gasteiger partial charge >= 0.3 is 17.1 Å². The SMILES string of the molecule is Nc1nc(N)nc(C(c2nc(N)nc(N)n2)(c2nc(N)nc(N)n2)n2c(=O)[nH]c(=O)[nH]c2=O)n1. The minimum Gasteiger partial charge on any atom is -0.368 e. The molecule has 0 aliphatic rings. The van der Waals surface area contributed by atoms with Crippen molar-refractivity contribution in [1.29, 1.82) is 0 Å². The predicted molar refractivity (Wildman–Crippen MR) is 113 cm³/mol. The molecule has 0 aliphatic heterocycles. The van der Waals surface area contributed by atoms with E-state index in [9.17, 15) is 14.4 Å². The van der Waals surface area contributed by atoms with Crippen LogP contribution < -0.4 is 51.5 Å². The zero-order chi connectivity index (χ0) is 24.8. The summed E-state index contributed by atoms with van der Waals surface area (Å²) in [4.78, 5) is 76.3. The van der Waals surface area contributed by atoms with Crippen molar-refractivity contribution in [1.82, 2.24) is 59.4 Å². The molecule has 14 N–H and O–H groups in total. The molecule has 34 heavy (non-hydrogen) atoms. The average molecular weight is 470 g/mol. The summed E-state index contributed by atoms with van der Waals surface area (Å²) in [5, 5.41) is 0. The van der Waals surface area contributed by atoms with E-state index in [0.717, 1.165) is 0 Å². The fourth-order valence-electron chi connectivity index (χ4n) is 3.05. The molecule has 0 unspecified atom stereocenters. The molecule has 4 rings (SSSR count). The lowest BCUT2D eigenvalue weighted by molar-refractivity contribution is 0.390. The fourth-order valence-corrected chi connectivity index (χ4v) is 3.05. The summed E-state index contributed by atoms with van der Waals surface area (Å²) in [5.41, 5.74) is 28.0. The van der Waals surface area contributed by atoms with Crippen LogP contribution in [0.5, 0.6) is 0 Å². The van der Waals surface area contributed by atoms with Gasteiger partial charge in [-0.25, -0.2) is 19.0 Å². The van der Waals surface area contributed by atoms with Gasteiger partial charge in [-0.1, -0.05) is 0 Å². The molecule has 0 saturated carbocycles. The molecule has 0 saturated heterocycles. The van der Waals surface area contributed by atoms with Crippen LogP contribution in [-0.4, -0.2) is 59.4 Å². The quantitative estimate of drug-likeness (QED) is 0.137. The number of hydrogen-bond acceptors (Lipinski definition) is 18. The summed E-state index contributed by atoms with van der Waals surface area (Å²) < 4.78 is 0.352. The van der Waals surface area contributed by atoms with Gasteiger partial charge < -0.3 is 34.4 Å². The number of anilines is 6. The molecular weight excluding hydrogens is 456 g/mol. The van der Waals surface area contributed by atoms with Gasteiger partial charge in [0.25, 0.3) is 0 Å². The average Bonchev–Trinajstić information content (AvgIpc) is 2.68. The van der Waals surface area contributed by atoms with Gasteiger partial charge in [0.15, 0.2) is 17.5 Å². The Morgan fingerprint density at radius 1 is 0.500 bits per heavy atom. The normalized spacial score (nSPS) is 11.4. The molecule has 0 fully saturated rings. The Morgan fingerprint density at radius 3 is 1.03 bits per heavy atom. The van der Waals surface area contributed by atoms with Crippen LogP contribution in [0.25, 0.3) is 0 Å². The molecule has 0 radical (unpaired) electrons. The van der Waals surface area contributed by atoms with Crippen molar-refractivity contribution >= 4 is 35.7 Å². The number of nitrogens with two attached hydrogens (primary N) is 6. The summed E-state index contributed by atoms with van der Waals surface area (Å²) >= 11 is 0. The van der Waals surface area contributed by atoms with E-state index in [2.05, 4.69) is 44.9 Å². The topological polar surface area (TPSA) is 360 Å². The number of nitrogens with one attached hydrogen (secondary N) is 2. The standard InChI is InChI=1S/C13H14N18O3/c14-4-20-1(21-5(15)26-4)13(2-22-6(16)27-7(17)23-2,3-24-8(18)28-9(19)25-3)31-11(33)29-10(32)30-12(31)34/h(H4,14,15,20,21,26)(H4,16,17,22,23,27)(H4,18,19,24,25,28)(H2,29,30,32,33,34). The molecule has 21 nitrogen and oxygen atoms in total. The van der Waals surface area contributed by atoms with E-state index >= 15 is 0 Å². The molecule has 4 heterocycles. The molecule has 0 atom stereocenters. The second kappa shape index (κ2) is 7.43. The minimum atomic E-state index is -2.59. The molecule has 4 aromatic rings. The lowest BCUT2D eigenvalue weighted by atomic mass is 9.94. The van der Waals surface area contributed by atoms with Crippen molar-refractivity contribution in [3.8, 4) is 0 Å². The van der Waals surface area contributed by atoms with E-state index in [4.69, 9.17) is 34.4 Å². The Bertz CT molecular complexity index is 1380. The fraction of sp³-hybridized carbons (Fsp3) is 0.0769. The monoisotopic (exact) mass is 470 g/mol. The third-order valence-electron chi connectivity index (χ3n) is 4.16. The summed E-state index contributed by atoms with van der Waals surface area (Å²) in [6.45, 7) is 0. The molecule has 0 bridgehead atoms. The smallest absolute Gasteiger partial charge is 0.335 e. The van der Waals surface area contributed by atoms with Crippen molar-refractivity contribution in [2.45, 2.75) is 5.54 Å². The molecule has 0 spiro atoms. The lowest BCUT2D eigenvalue weighted by Crippen LogP contribution is -2.57. The van der Waals surface area contributed by atoms with E-state index in [0.29, 0.717) is 4.57 Å². The summed E-state index contributed by atoms with van der Waals surface area (Å²) in [5.74, 6) is -4.45. The predicted octanol–water partition coefficient (Wildman–Crippen LogP) is -5.89. The number of hydrogen-bond donors (Lipinski definition) is 8. The van der Waals surface area contributed by atoms with Gasteiger partial charge in [-0.2, -0.15) is 44.9 Å². The second-order valence-corrected chi connectivity index (χ2v) is 6.36. The number of nitrogens with zero attached hydrogens (tertiary/aromatic N) is 10. The molecule has 0 amide bonds. The van der Waals surface area contributed by atoms with Gasteiger partial charge in [0.2, 0.25) is 41.2 Å². The molecule has 0 aliphatic carbocycles. The first kappa shape index (κ1) is 21.5. The van der Waals surface area contributed by atoms with Crippen molar-refractivity contribution < 1.29 is 0 Å². The number of rotatable bonds is 4. The van der Waals surface area contributed by atoms with E-state index in [-0.39, 0.29) is 0 Å². The Kier molecular flexibility index (Phi) is 4.69. The second-order valence-electron chi connectivity index (χ2n) is 6.36. The third kappa shape index (κ3) is 3.39. The van der Waals surface area contributed by atoms with E-state index in [1.807, 2.05) is 9.97 Å². The van der Waals surface area contributed by atoms with E-state index < -0.39 is 75.8 Å². The number of aromatic amines is 2. The van der Waals surface area contributed by atoms with Crippen molar-refractivity contribution in [2.75, 3.05) is 34.4 Å². The summed E-state index contributed by atoms with van der Waals surface area (Å²) in [6.07, 6.45) is 0. The third-order valence-corrected chi connectivity index (χ3v) is 4.16. The van der Waals surface area contributed by atoms with Gasteiger partial charge in [0.1, 0.15) is 0 Å². The van der Waals surface area contributed by atoms with Gasteiger partial charge in [0.05, 0.1) is 0 Å².